The van der Waals surface area contributed by atoms with Gasteiger partial charge in [-0.2, -0.15) is 0 Å². The number of hydrogen-bond acceptors (Lipinski definition) is 3. The molecule has 1 saturated heterocycles. The van der Waals surface area contributed by atoms with Crippen molar-refractivity contribution in [2.24, 2.45) is 5.73 Å². The first kappa shape index (κ1) is 11.0. The third-order valence-corrected chi connectivity index (χ3v) is 2.66. The van der Waals surface area contributed by atoms with Gasteiger partial charge >= 0.3 is 0 Å². The molecule has 3 N–H and O–H groups in total. The molecule has 0 bridgehead atoms. The van der Waals surface area contributed by atoms with E-state index in [1.54, 1.807) is 0 Å². The summed E-state index contributed by atoms with van der Waals surface area (Å²) in [6.07, 6.45) is 4.36. The molecule has 3 heteroatoms. The van der Waals surface area contributed by atoms with E-state index >= 15 is 0 Å². The van der Waals surface area contributed by atoms with Gasteiger partial charge in [0.25, 0.3) is 0 Å². The first-order valence-electron chi connectivity index (χ1n) is 5.34. The van der Waals surface area contributed by atoms with Crippen LogP contribution in [-0.4, -0.2) is 41.8 Å². The molecule has 1 fully saturated rings. The SMILES string of the molecule is CC(O)CCN1CCCCC(N)C1. The van der Waals surface area contributed by atoms with E-state index in [0.717, 1.165) is 32.5 Å². The van der Waals surface area contributed by atoms with Gasteiger partial charge in [-0.05, 0) is 32.7 Å². The van der Waals surface area contributed by atoms with Crippen LogP contribution < -0.4 is 5.73 Å². The summed E-state index contributed by atoms with van der Waals surface area (Å²) >= 11 is 0. The maximum absolute atomic E-state index is 9.16. The highest BCUT2D eigenvalue weighted by atomic mass is 16.3. The van der Waals surface area contributed by atoms with Crippen molar-refractivity contribution in [2.45, 2.75) is 44.8 Å². The van der Waals surface area contributed by atoms with E-state index in [1.165, 1.54) is 12.8 Å². The summed E-state index contributed by atoms with van der Waals surface area (Å²) in [5.41, 5.74) is 5.93. The second-order valence-electron chi connectivity index (χ2n) is 4.19. The molecular weight excluding hydrogens is 164 g/mol. The van der Waals surface area contributed by atoms with E-state index in [2.05, 4.69) is 4.90 Å². The Morgan fingerprint density at radius 1 is 1.54 bits per heavy atom. The summed E-state index contributed by atoms with van der Waals surface area (Å²) in [5, 5.41) is 9.16. The second kappa shape index (κ2) is 5.58. The number of aliphatic hydroxyl groups is 1. The number of nitrogens with two attached hydrogens (primary N) is 1. The highest BCUT2D eigenvalue weighted by Crippen LogP contribution is 2.09. The normalized spacial score (nSPS) is 28.4. The van der Waals surface area contributed by atoms with Crippen LogP contribution in [0.15, 0.2) is 0 Å². The van der Waals surface area contributed by atoms with Crippen molar-refractivity contribution in [1.29, 1.82) is 0 Å². The van der Waals surface area contributed by atoms with Gasteiger partial charge in [0.2, 0.25) is 0 Å². The van der Waals surface area contributed by atoms with Gasteiger partial charge < -0.3 is 15.7 Å². The van der Waals surface area contributed by atoms with Crippen molar-refractivity contribution >= 4 is 0 Å². The summed E-state index contributed by atoms with van der Waals surface area (Å²) < 4.78 is 0. The Hall–Kier alpha value is -0.120. The lowest BCUT2D eigenvalue weighted by molar-refractivity contribution is 0.155. The number of likely N-dealkylation sites (tertiary alicyclic amines) is 1. The largest absolute Gasteiger partial charge is 0.393 e. The summed E-state index contributed by atoms with van der Waals surface area (Å²) in [6, 6.07) is 0.344. The molecule has 0 amide bonds. The number of nitrogens with zero attached hydrogens (tertiary/aromatic N) is 1. The van der Waals surface area contributed by atoms with Crippen molar-refractivity contribution in [1.82, 2.24) is 4.90 Å². The minimum atomic E-state index is -0.181. The van der Waals surface area contributed by atoms with Crippen LogP contribution in [0.1, 0.15) is 32.6 Å². The zero-order valence-corrected chi connectivity index (χ0v) is 8.58. The van der Waals surface area contributed by atoms with Crippen LogP contribution in [-0.2, 0) is 0 Å². The summed E-state index contributed by atoms with van der Waals surface area (Å²) in [4.78, 5) is 2.38. The molecule has 78 valence electrons. The van der Waals surface area contributed by atoms with Gasteiger partial charge in [0.1, 0.15) is 0 Å². The van der Waals surface area contributed by atoms with Crippen LogP contribution in [0.5, 0.6) is 0 Å². The lowest BCUT2D eigenvalue weighted by Gasteiger charge is -2.22. The predicted molar refractivity (Wildman–Crippen MR) is 54.6 cm³/mol. The molecule has 0 aromatic heterocycles. The van der Waals surface area contributed by atoms with Gasteiger partial charge in [0.05, 0.1) is 6.10 Å². The fourth-order valence-electron chi connectivity index (χ4n) is 1.83. The fraction of sp³-hybridized carbons (Fsp3) is 1.00. The maximum atomic E-state index is 9.16. The van der Waals surface area contributed by atoms with Gasteiger partial charge in [-0.1, -0.05) is 6.42 Å². The molecule has 13 heavy (non-hydrogen) atoms. The van der Waals surface area contributed by atoms with Gasteiger partial charge in [-0.25, -0.2) is 0 Å². The highest BCUT2D eigenvalue weighted by molar-refractivity contribution is 4.73. The third-order valence-electron chi connectivity index (χ3n) is 2.66. The van der Waals surface area contributed by atoms with E-state index in [1.807, 2.05) is 6.92 Å². The Kier molecular flexibility index (Phi) is 4.70. The Morgan fingerprint density at radius 2 is 2.31 bits per heavy atom. The smallest absolute Gasteiger partial charge is 0.0524 e. The average molecular weight is 186 g/mol. The fourth-order valence-corrected chi connectivity index (χ4v) is 1.83. The van der Waals surface area contributed by atoms with E-state index < -0.39 is 0 Å². The molecule has 0 aliphatic carbocycles. The lowest BCUT2D eigenvalue weighted by atomic mass is 10.2. The molecule has 0 radical (unpaired) electrons. The van der Waals surface area contributed by atoms with Crippen LogP contribution in [0.4, 0.5) is 0 Å². The van der Waals surface area contributed by atoms with Crippen LogP contribution in [0.3, 0.4) is 0 Å². The van der Waals surface area contributed by atoms with Crippen molar-refractivity contribution < 1.29 is 5.11 Å². The Bertz CT molecular complexity index is 139. The van der Waals surface area contributed by atoms with Crippen molar-refractivity contribution in [3.05, 3.63) is 0 Å². The van der Waals surface area contributed by atoms with Crippen LogP contribution >= 0.6 is 0 Å². The zero-order chi connectivity index (χ0) is 9.68. The molecule has 1 heterocycles. The summed E-state index contributed by atoms with van der Waals surface area (Å²) in [6.45, 7) is 5.00. The quantitative estimate of drug-likeness (QED) is 0.677. The number of hydrogen-bond donors (Lipinski definition) is 2. The predicted octanol–water partition coefficient (Wildman–Crippen LogP) is 0.571. The van der Waals surface area contributed by atoms with Crippen LogP contribution in [0.25, 0.3) is 0 Å². The third kappa shape index (κ3) is 4.60. The minimum Gasteiger partial charge on any atom is -0.393 e. The Morgan fingerprint density at radius 3 is 3.00 bits per heavy atom. The maximum Gasteiger partial charge on any atom is 0.0524 e. The molecule has 1 rings (SSSR count). The molecular formula is C10H22N2O. The first-order valence-corrected chi connectivity index (χ1v) is 5.34. The van der Waals surface area contributed by atoms with Gasteiger partial charge in [-0.15, -0.1) is 0 Å². The van der Waals surface area contributed by atoms with Gasteiger partial charge in [-0.3, -0.25) is 0 Å². The minimum absolute atomic E-state index is 0.181. The summed E-state index contributed by atoms with van der Waals surface area (Å²) in [7, 11) is 0. The van der Waals surface area contributed by atoms with Crippen LogP contribution in [0.2, 0.25) is 0 Å². The molecule has 1 aliphatic heterocycles. The zero-order valence-electron chi connectivity index (χ0n) is 8.58. The Labute approximate surface area is 80.9 Å². The van der Waals surface area contributed by atoms with Crippen molar-refractivity contribution in [2.75, 3.05) is 19.6 Å². The Balaban J connectivity index is 2.22. The molecule has 0 saturated carbocycles. The molecule has 1 aliphatic rings. The standard InChI is InChI=1S/C10H22N2O/c1-9(13)5-7-12-6-3-2-4-10(11)8-12/h9-10,13H,2-8,11H2,1H3. The second-order valence-corrected chi connectivity index (χ2v) is 4.19. The topological polar surface area (TPSA) is 49.5 Å². The van der Waals surface area contributed by atoms with Crippen molar-refractivity contribution in [3.8, 4) is 0 Å². The number of rotatable bonds is 3. The van der Waals surface area contributed by atoms with E-state index in [0.29, 0.717) is 6.04 Å². The molecule has 2 atom stereocenters. The molecule has 2 unspecified atom stereocenters. The van der Waals surface area contributed by atoms with E-state index in [9.17, 15) is 0 Å². The van der Waals surface area contributed by atoms with Gasteiger partial charge in [0.15, 0.2) is 0 Å². The first-order chi connectivity index (χ1) is 6.18. The molecule has 3 nitrogen and oxygen atoms in total. The highest BCUT2D eigenvalue weighted by Gasteiger charge is 2.14. The molecule has 0 aromatic rings. The van der Waals surface area contributed by atoms with Gasteiger partial charge in [0, 0.05) is 19.1 Å². The van der Waals surface area contributed by atoms with E-state index in [-0.39, 0.29) is 6.10 Å². The monoisotopic (exact) mass is 186 g/mol. The van der Waals surface area contributed by atoms with Crippen LogP contribution in [0, 0.1) is 0 Å². The summed E-state index contributed by atoms with van der Waals surface area (Å²) in [5.74, 6) is 0. The average Bonchev–Trinajstić information content (AvgIpc) is 2.26. The lowest BCUT2D eigenvalue weighted by Crippen LogP contribution is -2.37. The van der Waals surface area contributed by atoms with E-state index in [4.69, 9.17) is 10.8 Å². The van der Waals surface area contributed by atoms with Crippen molar-refractivity contribution in [3.63, 3.8) is 0 Å². The number of aliphatic hydroxyl groups excluding tert-OH is 1. The molecule has 0 aromatic carbocycles. The molecule has 0 spiro atoms.